The first kappa shape index (κ1) is 18.8. The first-order chi connectivity index (χ1) is 14.0. The number of aromatic nitrogens is 4. The molecule has 1 aliphatic rings. The van der Waals surface area contributed by atoms with Gasteiger partial charge in [-0.15, -0.1) is 0 Å². The molecule has 1 saturated heterocycles. The average molecular weight is 396 g/mol. The first-order valence-electron chi connectivity index (χ1n) is 9.19. The number of morpholine rings is 1. The average Bonchev–Trinajstić information content (AvgIpc) is 2.76. The van der Waals surface area contributed by atoms with E-state index in [2.05, 4.69) is 25.2 Å². The Labute approximate surface area is 165 Å². The first-order valence-corrected chi connectivity index (χ1v) is 9.19. The maximum atomic E-state index is 12.5. The number of H-pyrrole nitrogens is 1. The number of carbonyl (C=O) groups excluding carboxylic acids is 1. The molecule has 0 radical (unpaired) electrons. The van der Waals surface area contributed by atoms with Gasteiger partial charge in [-0.3, -0.25) is 19.1 Å². The van der Waals surface area contributed by atoms with Crippen LogP contribution < -0.4 is 21.5 Å². The van der Waals surface area contributed by atoms with Gasteiger partial charge in [0, 0.05) is 26.3 Å². The molecule has 0 atom stereocenters. The number of nitrogens with zero attached hydrogens (tertiary/aromatic N) is 4. The van der Waals surface area contributed by atoms with Crippen molar-refractivity contribution in [1.29, 1.82) is 0 Å². The zero-order valence-electron chi connectivity index (χ0n) is 15.8. The molecule has 3 aromatic rings. The Kier molecular flexibility index (Phi) is 5.09. The zero-order chi connectivity index (χ0) is 20.4. The number of amides is 1. The molecule has 4 heterocycles. The van der Waals surface area contributed by atoms with Crippen LogP contribution in [0.3, 0.4) is 0 Å². The van der Waals surface area contributed by atoms with Gasteiger partial charge >= 0.3 is 5.69 Å². The van der Waals surface area contributed by atoms with Crippen LogP contribution in [0.5, 0.6) is 0 Å². The number of nitrogens with one attached hydrogen (secondary N) is 2. The highest BCUT2D eigenvalue weighted by Gasteiger charge is 2.14. The fraction of sp³-hybridized carbons (Fsp3) is 0.316. The van der Waals surface area contributed by atoms with Crippen LogP contribution in [0.1, 0.15) is 16.1 Å². The quantitative estimate of drug-likeness (QED) is 0.625. The van der Waals surface area contributed by atoms with Gasteiger partial charge in [-0.05, 0) is 18.2 Å². The van der Waals surface area contributed by atoms with Gasteiger partial charge < -0.3 is 15.0 Å². The van der Waals surface area contributed by atoms with Crippen LogP contribution in [0.15, 0.2) is 40.1 Å². The summed E-state index contributed by atoms with van der Waals surface area (Å²) in [6.45, 7) is 3.13. The lowest BCUT2D eigenvalue weighted by molar-refractivity contribution is 0.0950. The molecule has 3 aromatic heterocycles. The fourth-order valence-corrected chi connectivity index (χ4v) is 3.17. The van der Waals surface area contributed by atoms with E-state index in [0.29, 0.717) is 13.2 Å². The summed E-state index contributed by atoms with van der Waals surface area (Å²) in [5.41, 5.74) is 0.0288. The Bertz CT molecular complexity index is 1180. The number of ether oxygens (including phenoxy) is 1. The van der Waals surface area contributed by atoms with E-state index >= 15 is 0 Å². The molecular weight excluding hydrogens is 376 g/mol. The maximum absolute atomic E-state index is 12.5. The van der Waals surface area contributed by atoms with Crippen LogP contribution in [-0.2, 0) is 18.3 Å². The zero-order valence-corrected chi connectivity index (χ0v) is 15.8. The van der Waals surface area contributed by atoms with Gasteiger partial charge in [0.2, 0.25) is 0 Å². The highest BCUT2D eigenvalue weighted by atomic mass is 16.5. The van der Waals surface area contributed by atoms with E-state index < -0.39 is 11.2 Å². The summed E-state index contributed by atoms with van der Waals surface area (Å²) in [6, 6.07) is 7.09. The summed E-state index contributed by atoms with van der Waals surface area (Å²) in [6.07, 6.45) is 1.34. The second-order valence-electron chi connectivity index (χ2n) is 6.68. The summed E-state index contributed by atoms with van der Waals surface area (Å²) in [5.74, 6) is 0.464. The third-order valence-electron chi connectivity index (χ3n) is 4.77. The Morgan fingerprint density at radius 1 is 1.28 bits per heavy atom. The molecule has 150 valence electrons. The number of carbonyl (C=O) groups is 1. The lowest BCUT2D eigenvalue weighted by Gasteiger charge is -2.28. The molecule has 29 heavy (non-hydrogen) atoms. The standard InChI is InChI=1S/C19H20N6O4/c1-24-16-14(18(27)23-19(24)28)9-12(10-20-16)17(26)21-11-13-3-2-4-15(22-13)25-5-7-29-8-6-25/h2-4,9-10H,5-8,11H2,1H3,(H,21,26)(H,23,27,28). The van der Waals surface area contributed by atoms with Crippen molar-refractivity contribution in [1.82, 2.24) is 24.8 Å². The second kappa shape index (κ2) is 7.84. The molecule has 0 saturated carbocycles. The van der Waals surface area contributed by atoms with Gasteiger partial charge in [0.1, 0.15) is 11.5 Å². The van der Waals surface area contributed by atoms with Crippen molar-refractivity contribution in [2.24, 2.45) is 7.05 Å². The minimum Gasteiger partial charge on any atom is -0.378 e. The van der Waals surface area contributed by atoms with E-state index in [1.165, 1.54) is 23.9 Å². The number of rotatable bonds is 4. The predicted octanol–water partition coefficient (Wildman–Crippen LogP) is -0.217. The molecule has 10 heteroatoms. The third-order valence-corrected chi connectivity index (χ3v) is 4.77. The van der Waals surface area contributed by atoms with E-state index in [1.54, 1.807) is 0 Å². The Hall–Kier alpha value is -3.53. The Balaban J connectivity index is 1.50. The van der Waals surface area contributed by atoms with Crippen molar-refractivity contribution in [2.45, 2.75) is 6.54 Å². The molecule has 10 nitrogen and oxygen atoms in total. The van der Waals surface area contributed by atoms with Crippen molar-refractivity contribution in [3.05, 3.63) is 62.6 Å². The molecule has 0 aliphatic carbocycles. The summed E-state index contributed by atoms with van der Waals surface area (Å²) < 4.78 is 6.58. The molecule has 0 spiro atoms. The van der Waals surface area contributed by atoms with Crippen LogP contribution >= 0.6 is 0 Å². The topological polar surface area (TPSA) is 122 Å². The Morgan fingerprint density at radius 3 is 2.86 bits per heavy atom. The summed E-state index contributed by atoms with van der Waals surface area (Å²) >= 11 is 0. The smallest absolute Gasteiger partial charge is 0.329 e. The van der Waals surface area contributed by atoms with Gasteiger partial charge in [-0.2, -0.15) is 0 Å². The molecule has 0 aromatic carbocycles. The predicted molar refractivity (Wildman–Crippen MR) is 106 cm³/mol. The van der Waals surface area contributed by atoms with Crippen LogP contribution in [0.2, 0.25) is 0 Å². The lowest BCUT2D eigenvalue weighted by Crippen LogP contribution is -2.37. The summed E-state index contributed by atoms with van der Waals surface area (Å²) in [4.78, 5) is 49.2. The van der Waals surface area contributed by atoms with Gasteiger partial charge in [-0.25, -0.2) is 14.8 Å². The van der Waals surface area contributed by atoms with Crippen molar-refractivity contribution < 1.29 is 9.53 Å². The summed E-state index contributed by atoms with van der Waals surface area (Å²) in [5, 5.41) is 2.96. The van der Waals surface area contributed by atoms with E-state index in [0.717, 1.165) is 24.6 Å². The van der Waals surface area contributed by atoms with Gasteiger partial charge in [0.05, 0.1) is 36.4 Å². The molecule has 0 unspecified atom stereocenters. The Morgan fingerprint density at radius 2 is 2.07 bits per heavy atom. The number of fused-ring (bicyclic) bond motifs is 1. The normalized spacial score (nSPS) is 14.2. The number of aromatic amines is 1. The van der Waals surface area contributed by atoms with E-state index in [1.807, 2.05) is 18.2 Å². The van der Waals surface area contributed by atoms with Crippen molar-refractivity contribution in [2.75, 3.05) is 31.2 Å². The summed E-state index contributed by atoms with van der Waals surface area (Å²) in [7, 11) is 1.50. The fourth-order valence-electron chi connectivity index (χ4n) is 3.17. The second-order valence-corrected chi connectivity index (χ2v) is 6.68. The van der Waals surface area contributed by atoms with Crippen molar-refractivity contribution >= 4 is 22.8 Å². The number of aryl methyl sites for hydroxylation is 1. The molecule has 1 fully saturated rings. The van der Waals surface area contributed by atoms with Crippen molar-refractivity contribution in [3.63, 3.8) is 0 Å². The van der Waals surface area contributed by atoms with E-state index in [4.69, 9.17) is 4.74 Å². The molecule has 1 aliphatic heterocycles. The minimum atomic E-state index is -0.579. The van der Waals surface area contributed by atoms with Crippen molar-refractivity contribution in [3.8, 4) is 0 Å². The highest BCUT2D eigenvalue weighted by Crippen LogP contribution is 2.13. The monoisotopic (exact) mass is 396 g/mol. The van der Waals surface area contributed by atoms with Gasteiger partial charge in [-0.1, -0.05) is 6.07 Å². The maximum Gasteiger partial charge on any atom is 0.329 e. The largest absolute Gasteiger partial charge is 0.378 e. The number of anilines is 1. The van der Waals surface area contributed by atoms with Crippen LogP contribution in [-0.4, -0.2) is 51.7 Å². The number of hydrogen-bond donors (Lipinski definition) is 2. The molecule has 2 N–H and O–H groups in total. The number of pyridine rings is 2. The van der Waals surface area contributed by atoms with Gasteiger partial charge in [0.15, 0.2) is 0 Å². The SMILES string of the molecule is Cn1c(=O)[nH]c(=O)c2cc(C(=O)NCc3cccc(N4CCOCC4)n3)cnc21. The molecule has 1 amide bonds. The van der Waals surface area contributed by atoms with E-state index in [9.17, 15) is 14.4 Å². The molecule has 4 rings (SSSR count). The lowest BCUT2D eigenvalue weighted by atomic mass is 10.2. The minimum absolute atomic E-state index is 0.173. The number of hydrogen-bond acceptors (Lipinski definition) is 7. The molecule has 0 bridgehead atoms. The third kappa shape index (κ3) is 3.87. The van der Waals surface area contributed by atoms with Crippen LogP contribution in [0.4, 0.5) is 5.82 Å². The van der Waals surface area contributed by atoms with Gasteiger partial charge in [0.25, 0.3) is 11.5 Å². The molecular formula is C19H20N6O4. The van der Waals surface area contributed by atoms with Crippen LogP contribution in [0, 0.1) is 0 Å². The highest BCUT2D eigenvalue weighted by molar-refractivity contribution is 5.96. The van der Waals surface area contributed by atoms with Crippen LogP contribution in [0.25, 0.3) is 11.0 Å². The van der Waals surface area contributed by atoms with E-state index in [-0.39, 0.29) is 29.0 Å².